The molecule has 0 bridgehead atoms. The second-order valence-electron chi connectivity index (χ2n) is 3.84. The van der Waals surface area contributed by atoms with Crippen LogP contribution in [0.2, 0.25) is 0 Å². The van der Waals surface area contributed by atoms with E-state index in [1.54, 1.807) is 5.38 Å². The van der Waals surface area contributed by atoms with Crippen LogP contribution in [0.15, 0.2) is 29.6 Å². The number of thiazole rings is 1. The molecule has 0 aliphatic heterocycles. The van der Waals surface area contributed by atoms with Crippen molar-refractivity contribution in [3.05, 3.63) is 45.9 Å². The molecule has 2 rings (SSSR count). The number of ether oxygens (including phenoxy) is 1. The summed E-state index contributed by atoms with van der Waals surface area (Å²) in [6, 6.07) is 10.1. The van der Waals surface area contributed by atoms with Crippen LogP contribution in [-0.2, 0) is 12.8 Å². The summed E-state index contributed by atoms with van der Waals surface area (Å²) >= 11 is 1.50. The molecule has 0 fully saturated rings. The van der Waals surface area contributed by atoms with Crippen LogP contribution in [0.3, 0.4) is 0 Å². The summed E-state index contributed by atoms with van der Waals surface area (Å²) in [4.78, 5) is 4.17. The summed E-state index contributed by atoms with van der Waals surface area (Å²) in [7, 11) is 0. The topological polar surface area (TPSA) is 45.9 Å². The fourth-order valence-corrected chi connectivity index (χ4v) is 2.29. The minimum absolute atomic E-state index is 0.489. The number of hydrogen-bond acceptors (Lipinski definition) is 4. The predicted molar refractivity (Wildman–Crippen MR) is 71.8 cm³/mol. The standard InChI is InChI=1S/C14H14N2OS/c1-2-11-4-3-5-13(8-11)17-7-6-14-16-12(9-15)10-18-14/h3-5,8,10H,2,6-7H2,1H3. The second kappa shape index (κ2) is 6.18. The van der Waals surface area contributed by atoms with Crippen molar-refractivity contribution < 1.29 is 4.74 Å². The molecule has 1 aromatic carbocycles. The summed E-state index contributed by atoms with van der Waals surface area (Å²) in [6.07, 6.45) is 1.75. The van der Waals surface area contributed by atoms with Crippen molar-refractivity contribution in [2.75, 3.05) is 6.61 Å². The first kappa shape index (κ1) is 12.6. The number of rotatable bonds is 5. The third kappa shape index (κ3) is 3.31. The Morgan fingerprint density at radius 1 is 1.44 bits per heavy atom. The molecule has 0 unspecified atom stereocenters. The van der Waals surface area contributed by atoms with Gasteiger partial charge in [-0.3, -0.25) is 0 Å². The Morgan fingerprint density at radius 3 is 3.06 bits per heavy atom. The van der Waals surface area contributed by atoms with E-state index in [1.165, 1.54) is 16.9 Å². The molecular weight excluding hydrogens is 244 g/mol. The van der Waals surface area contributed by atoms with E-state index >= 15 is 0 Å². The van der Waals surface area contributed by atoms with Crippen LogP contribution < -0.4 is 4.74 Å². The lowest BCUT2D eigenvalue weighted by molar-refractivity contribution is 0.321. The van der Waals surface area contributed by atoms with Gasteiger partial charge < -0.3 is 4.74 Å². The van der Waals surface area contributed by atoms with Crippen LogP contribution in [0.4, 0.5) is 0 Å². The number of nitriles is 1. The summed E-state index contributed by atoms with van der Waals surface area (Å²) in [5.74, 6) is 0.895. The highest BCUT2D eigenvalue weighted by Crippen LogP contribution is 2.15. The minimum Gasteiger partial charge on any atom is -0.493 e. The Kier molecular flexibility index (Phi) is 4.32. The van der Waals surface area contributed by atoms with Gasteiger partial charge >= 0.3 is 0 Å². The second-order valence-corrected chi connectivity index (χ2v) is 4.78. The maximum absolute atomic E-state index is 8.67. The zero-order chi connectivity index (χ0) is 12.8. The molecule has 0 amide bonds. The van der Waals surface area contributed by atoms with Crippen LogP contribution in [0.25, 0.3) is 0 Å². The van der Waals surface area contributed by atoms with Crippen LogP contribution >= 0.6 is 11.3 Å². The van der Waals surface area contributed by atoms with Gasteiger partial charge in [0.1, 0.15) is 11.8 Å². The highest BCUT2D eigenvalue weighted by Gasteiger charge is 2.02. The van der Waals surface area contributed by atoms with E-state index < -0.39 is 0 Å². The Hall–Kier alpha value is -1.86. The molecule has 0 N–H and O–H groups in total. The molecule has 0 saturated heterocycles. The third-order valence-electron chi connectivity index (χ3n) is 2.56. The normalized spacial score (nSPS) is 10.0. The molecule has 0 saturated carbocycles. The molecule has 92 valence electrons. The van der Waals surface area contributed by atoms with E-state index in [1.807, 2.05) is 18.2 Å². The first-order chi connectivity index (χ1) is 8.81. The lowest BCUT2D eigenvalue weighted by atomic mass is 10.2. The molecule has 4 heteroatoms. The number of aromatic nitrogens is 1. The number of benzene rings is 1. The maximum Gasteiger partial charge on any atom is 0.151 e. The van der Waals surface area contributed by atoms with Crippen molar-refractivity contribution in [3.8, 4) is 11.8 Å². The van der Waals surface area contributed by atoms with Gasteiger partial charge in [-0.25, -0.2) is 4.98 Å². The SMILES string of the molecule is CCc1cccc(OCCc2nc(C#N)cs2)c1. The quantitative estimate of drug-likeness (QED) is 0.827. The fourth-order valence-electron chi connectivity index (χ4n) is 1.59. The molecule has 0 radical (unpaired) electrons. The predicted octanol–water partition coefficient (Wildman–Crippen LogP) is 3.20. The Bertz CT molecular complexity index is 557. The van der Waals surface area contributed by atoms with Gasteiger partial charge in [0.25, 0.3) is 0 Å². The van der Waals surface area contributed by atoms with Crippen molar-refractivity contribution >= 4 is 11.3 Å². The maximum atomic E-state index is 8.67. The summed E-state index contributed by atoms with van der Waals surface area (Å²) in [5.41, 5.74) is 1.76. The first-order valence-electron chi connectivity index (χ1n) is 5.88. The van der Waals surface area contributed by atoms with Gasteiger partial charge in [-0.1, -0.05) is 19.1 Å². The van der Waals surface area contributed by atoms with Crippen molar-refractivity contribution in [2.45, 2.75) is 19.8 Å². The summed E-state index contributed by atoms with van der Waals surface area (Å²) in [6.45, 7) is 2.71. The third-order valence-corrected chi connectivity index (χ3v) is 3.47. The monoisotopic (exact) mass is 258 g/mol. The molecule has 1 aromatic heterocycles. The molecule has 0 atom stereocenters. The molecule has 0 aliphatic rings. The molecule has 18 heavy (non-hydrogen) atoms. The molecular formula is C14H14N2OS. The van der Waals surface area contributed by atoms with E-state index in [2.05, 4.69) is 24.0 Å². The average molecular weight is 258 g/mol. The van der Waals surface area contributed by atoms with E-state index in [-0.39, 0.29) is 0 Å². The molecule has 2 aromatic rings. The Balaban J connectivity index is 1.86. The molecule has 0 aliphatic carbocycles. The summed E-state index contributed by atoms with van der Waals surface area (Å²) < 4.78 is 5.68. The average Bonchev–Trinajstić information content (AvgIpc) is 2.87. The largest absolute Gasteiger partial charge is 0.493 e. The zero-order valence-corrected chi connectivity index (χ0v) is 11.0. The number of hydrogen-bond donors (Lipinski definition) is 0. The number of nitrogens with zero attached hydrogens (tertiary/aromatic N) is 2. The van der Waals surface area contributed by atoms with Gasteiger partial charge in [0.2, 0.25) is 0 Å². The highest BCUT2D eigenvalue weighted by atomic mass is 32.1. The van der Waals surface area contributed by atoms with E-state index in [9.17, 15) is 0 Å². The van der Waals surface area contributed by atoms with Crippen molar-refractivity contribution in [2.24, 2.45) is 0 Å². The molecule has 1 heterocycles. The van der Waals surface area contributed by atoms with Gasteiger partial charge in [-0.2, -0.15) is 5.26 Å². The van der Waals surface area contributed by atoms with Crippen LogP contribution in [0.5, 0.6) is 5.75 Å². The zero-order valence-electron chi connectivity index (χ0n) is 10.2. The highest BCUT2D eigenvalue weighted by molar-refractivity contribution is 7.09. The van der Waals surface area contributed by atoms with Crippen molar-refractivity contribution in [3.63, 3.8) is 0 Å². The minimum atomic E-state index is 0.489. The molecule has 3 nitrogen and oxygen atoms in total. The lowest BCUT2D eigenvalue weighted by Gasteiger charge is -2.06. The van der Waals surface area contributed by atoms with Crippen LogP contribution in [-0.4, -0.2) is 11.6 Å². The van der Waals surface area contributed by atoms with Crippen molar-refractivity contribution in [1.29, 1.82) is 5.26 Å². The van der Waals surface area contributed by atoms with E-state index in [0.717, 1.165) is 23.6 Å². The van der Waals surface area contributed by atoms with Crippen LogP contribution in [0.1, 0.15) is 23.2 Å². The molecule has 0 spiro atoms. The summed E-state index contributed by atoms with van der Waals surface area (Å²) in [5, 5.41) is 11.4. The smallest absolute Gasteiger partial charge is 0.151 e. The van der Waals surface area contributed by atoms with Gasteiger partial charge in [0, 0.05) is 11.8 Å². The Labute approximate surface area is 111 Å². The van der Waals surface area contributed by atoms with Crippen molar-refractivity contribution in [1.82, 2.24) is 4.98 Å². The number of aryl methyl sites for hydroxylation is 1. The fraction of sp³-hybridized carbons (Fsp3) is 0.286. The Morgan fingerprint density at radius 2 is 2.33 bits per heavy atom. The van der Waals surface area contributed by atoms with E-state index in [4.69, 9.17) is 10.00 Å². The van der Waals surface area contributed by atoms with E-state index in [0.29, 0.717) is 12.3 Å². The van der Waals surface area contributed by atoms with Gasteiger partial charge in [-0.15, -0.1) is 11.3 Å². The first-order valence-corrected chi connectivity index (χ1v) is 6.76. The van der Waals surface area contributed by atoms with Crippen LogP contribution in [0, 0.1) is 11.3 Å². The van der Waals surface area contributed by atoms with Gasteiger partial charge in [0.15, 0.2) is 5.69 Å². The lowest BCUT2D eigenvalue weighted by Crippen LogP contribution is -2.01. The van der Waals surface area contributed by atoms with Gasteiger partial charge in [-0.05, 0) is 24.1 Å². The van der Waals surface area contributed by atoms with Gasteiger partial charge in [0.05, 0.1) is 11.6 Å².